The molecule has 0 aliphatic heterocycles. The maximum absolute atomic E-state index is 5.79. The minimum atomic E-state index is 0.202. The Labute approximate surface area is 118 Å². The molecular weight excluding hydrogens is 232 g/mol. The summed E-state index contributed by atoms with van der Waals surface area (Å²) in [4.78, 5) is 0. The number of aryl methyl sites for hydroxylation is 1. The van der Waals surface area contributed by atoms with E-state index in [1.54, 1.807) is 0 Å². The van der Waals surface area contributed by atoms with Gasteiger partial charge in [0.15, 0.2) is 0 Å². The van der Waals surface area contributed by atoms with Crippen LogP contribution in [0.15, 0.2) is 24.3 Å². The van der Waals surface area contributed by atoms with E-state index in [-0.39, 0.29) is 5.54 Å². The Hall–Kier alpha value is -1.02. The molecule has 0 amide bonds. The van der Waals surface area contributed by atoms with Gasteiger partial charge in [0.1, 0.15) is 0 Å². The fraction of sp³-hybridized carbons (Fsp3) is 0.647. The zero-order valence-corrected chi connectivity index (χ0v) is 13.2. The molecule has 1 aromatic rings. The zero-order valence-electron chi connectivity index (χ0n) is 13.2. The number of benzene rings is 1. The van der Waals surface area contributed by atoms with Crippen LogP contribution in [0, 0.1) is 5.41 Å². The van der Waals surface area contributed by atoms with E-state index in [9.17, 15) is 0 Å². The normalized spacial score (nSPS) is 12.7. The van der Waals surface area contributed by atoms with E-state index in [1.807, 2.05) is 12.1 Å². The minimum Gasteiger partial charge on any atom is -0.399 e. The summed E-state index contributed by atoms with van der Waals surface area (Å²) in [5, 5.41) is 3.67. The highest BCUT2D eigenvalue weighted by Gasteiger charge is 2.24. The molecule has 0 aromatic heterocycles. The van der Waals surface area contributed by atoms with Gasteiger partial charge in [-0.25, -0.2) is 0 Å². The van der Waals surface area contributed by atoms with Crippen LogP contribution in [0.4, 0.5) is 5.69 Å². The summed E-state index contributed by atoms with van der Waals surface area (Å²) in [6.07, 6.45) is 3.42. The van der Waals surface area contributed by atoms with Crippen LogP contribution in [0.1, 0.15) is 53.0 Å². The third-order valence-electron chi connectivity index (χ3n) is 3.17. The number of hydrogen-bond donors (Lipinski definition) is 2. The van der Waals surface area contributed by atoms with Gasteiger partial charge in [0.05, 0.1) is 0 Å². The average molecular weight is 262 g/mol. The molecule has 0 aliphatic rings. The Morgan fingerprint density at radius 2 is 1.79 bits per heavy atom. The van der Waals surface area contributed by atoms with Gasteiger partial charge >= 0.3 is 0 Å². The fourth-order valence-corrected chi connectivity index (χ4v) is 2.86. The van der Waals surface area contributed by atoms with Gasteiger partial charge in [0.25, 0.3) is 0 Å². The standard InChI is InChI=1S/C17H30N2/c1-16(2,3)13-17(4,5)19-11-7-9-14-8-6-10-15(18)12-14/h6,8,10,12,19H,7,9,11,13,18H2,1-5H3. The molecule has 0 unspecified atom stereocenters. The lowest BCUT2D eigenvalue weighted by atomic mass is 9.82. The molecule has 1 aromatic carbocycles. The molecule has 19 heavy (non-hydrogen) atoms. The SMILES string of the molecule is CC(C)(C)CC(C)(C)NCCCc1cccc(N)c1. The van der Waals surface area contributed by atoms with Gasteiger partial charge in [-0.2, -0.15) is 0 Å². The number of anilines is 1. The highest BCUT2D eigenvalue weighted by molar-refractivity contribution is 5.40. The van der Waals surface area contributed by atoms with Crippen LogP contribution >= 0.6 is 0 Å². The molecule has 0 fully saturated rings. The van der Waals surface area contributed by atoms with Gasteiger partial charge in [-0.15, -0.1) is 0 Å². The first-order valence-electron chi connectivity index (χ1n) is 7.27. The molecule has 0 heterocycles. The monoisotopic (exact) mass is 262 g/mol. The second kappa shape index (κ2) is 6.42. The van der Waals surface area contributed by atoms with E-state index in [1.165, 1.54) is 12.0 Å². The van der Waals surface area contributed by atoms with Crippen LogP contribution in [0.2, 0.25) is 0 Å². The van der Waals surface area contributed by atoms with Crippen molar-refractivity contribution in [2.75, 3.05) is 12.3 Å². The molecular formula is C17H30N2. The Kier molecular flexibility index (Phi) is 5.42. The molecule has 2 heteroatoms. The van der Waals surface area contributed by atoms with E-state index in [2.05, 4.69) is 52.1 Å². The molecule has 0 radical (unpaired) electrons. The second-order valence-electron chi connectivity index (χ2n) is 7.40. The molecule has 108 valence electrons. The van der Waals surface area contributed by atoms with E-state index < -0.39 is 0 Å². The minimum absolute atomic E-state index is 0.202. The molecule has 0 saturated carbocycles. The first kappa shape index (κ1) is 16.0. The Morgan fingerprint density at radius 1 is 1.11 bits per heavy atom. The van der Waals surface area contributed by atoms with E-state index in [0.717, 1.165) is 25.1 Å². The maximum Gasteiger partial charge on any atom is 0.0316 e. The number of nitrogens with one attached hydrogen (secondary N) is 1. The van der Waals surface area contributed by atoms with Gasteiger partial charge in [-0.3, -0.25) is 0 Å². The van der Waals surface area contributed by atoms with E-state index >= 15 is 0 Å². The predicted molar refractivity (Wildman–Crippen MR) is 85.3 cm³/mol. The van der Waals surface area contributed by atoms with Crippen molar-refractivity contribution in [2.24, 2.45) is 5.41 Å². The van der Waals surface area contributed by atoms with Crippen LogP contribution in [0.3, 0.4) is 0 Å². The van der Waals surface area contributed by atoms with Crippen LogP contribution in [0.5, 0.6) is 0 Å². The van der Waals surface area contributed by atoms with Crippen molar-refractivity contribution in [1.82, 2.24) is 5.32 Å². The molecule has 0 spiro atoms. The van der Waals surface area contributed by atoms with Gasteiger partial charge in [-0.05, 0) is 62.8 Å². The van der Waals surface area contributed by atoms with Gasteiger partial charge in [-0.1, -0.05) is 32.9 Å². The van der Waals surface area contributed by atoms with Crippen molar-refractivity contribution >= 4 is 5.69 Å². The lowest BCUT2D eigenvalue weighted by Crippen LogP contribution is -2.42. The molecule has 2 nitrogen and oxygen atoms in total. The molecule has 3 N–H and O–H groups in total. The highest BCUT2D eigenvalue weighted by Crippen LogP contribution is 2.26. The second-order valence-corrected chi connectivity index (χ2v) is 7.40. The van der Waals surface area contributed by atoms with E-state index in [4.69, 9.17) is 5.73 Å². The first-order chi connectivity index (χ1) is 8.68. The van der Waals surface area contributed by atoms with Crippen molar-refractivity contribution < 1.29 is 0 Å². The van der Waals surface area contributed by atoms with Crippen LogP contribution in [-0.2, 0) is 6.42 Å². The average Bonchev–Trinajstić information content (AvgIpc) is 2.21. The predicted octanol–water partition coefficient (Wildman–Crippen LogP) is 4.01. The van der Waals surface area contributed by atoms with Gasteiger partial charge in [0, 0.05) is 11.2 Å². The van der Waals surface area contributed by atoms with Crippen LogP contribution in [-0.4, -0.2) is 12.1 Å². The first-order valence-corrected chi connectivity index (χ1v) is 7.27. The van der Waals surface area contributed by atoms with Crippen molar-refractivity contribution in [3.05, 3.63) is 29.8 Å². The third-order valence-corrected chi connectivity index (χ3v) is 3.17. The van der Waals surface area contributed by atoms with Gasteiger partial charge < -0.3 is 11.1 Å². The summed E-state index contributed by atoms with van der Waals surface area (Å²) < 4.78 is 0. The van der Waals surface area contributed by atoms with Crippen molar-refractivity contribution in [3.8, 4) is 0 Å². The summed E-state index contributed by atoms with van der Waals surface area (Å²) in [5.74, 6) is 0. The zero-order chi connectivity index (χ0) is 14.5. The van der Waals surface area contributed by atoms with E-state index in [0.29, 0.717) is 5.41 Å². The number of nitrogens with two attached hydrogens (primary N) is 1. The van der Waals surface area contributed by atoms with Crippen molar-refractivity contribution in [2.45, 2.75) is 59.4 Å². The Morgan fingerprint density at radius 3 is 2.37 bits per heavy atom. The summed E-state index contributed by atoms with van der Waals surface area (Å²) in [6.45, 7) is 12.5. The number of rotatable bonds is 6. The summed E-state index contributed by atoms with van der Waals surface area (Å²) in [6, 6.07) is 8.19. The molecule has 0 bridgehead atoms. The van der Waals surface area contributed by atoms with Crippen LogP contribution < -0.4 is 11.1 Å². The summed E-state index contributed by atoms with van der Waals surface area (Å²) >= 11 is 0. The van der Waals surface area contributed by atoms with Gasteiger partial charge in [0.2, 0.25) is 0 Å². The summed E-state index contributed by atoms with van der Waals surface area (Å²) in [5.41, 5.74) is 8.54. The van der Waals surface area contributed by atoms with Crippen LogP contribution in [0.25, 0.3) is 0 Å². The third kappa shape index (κ3) is 7.22. The maximum atomic E-state index is 5.79. The Bertz CT molecular complexity index is 388. The van der Waals surface area contributed by atoms with Crippen molar-refractivity contribution in [3.63, 3.8) is 0 Å². The quantitative estimate of drug-likeness (QED) is 0.600. The van der Waals surface area contributed by atoms with Crippen molar-refractivity contribution in [1.29, 1.82) is 0 Å². The fourth-order valence-electron chi connectivity index (χ4n) is 2.86. The lowest BCUT2D eigenvalue weighted by molar-refractivity contribution is 0.242. The lowest BCUT2D eigenvalue weighted by Gasteiger charge is -2.33. The highest BCUT2D eigenvalue weighted by atomic mass is 14.9. The number of nitrogen functional groups attached to an aromatic ring is 1. The smallest absolute Gasteiger partial charge is 0.0316 e. The molecule has 0 saturated heterocycles. The Balaban J connectivity index is 2.31. The summed E-state index contributed by atoms with van der Waals surface area (Å²) in [7, 11) is 0. The molecule has 1 rings (SSSR count). The largest absolute Gasteiger partial charge is 0.399 e. The molecule has 0 atom stereocenters. The topological polar surface area (TPSA) is 38.0 Å². The number of hydrogen-bond acceptors (Lipinski definition) is 2. The molecule has 0 aliphatic carbocycles.